The molecule has 1 amide bonds. The first-order valence-corrected chi connectivity index (χ1v) is 6.15. The number of nitrogens with one attached hydrogen (secondary N) is 1. The van der Waals surface area contributed by atoms with Gasteiger partial charge in [0.15, 0.2) is 0 Å². The van der Waals surface area contributed by atoms with Crippen molar-refractivity contribution in [3.63, 3.8) is 0 Å². The third-order valence-electron chi connectivity index (χ3n) is 2.93. The number of nitrogens with two attached hydrogens (primary N) is 1. The van der Waals surface area contributed by atoms with E-state index in [9.17, 15) is 4.79 Å². The number of carbonyl (C=O) groups is 1. The largest absolute Gasteiger partial charge is 0.380 e. The predicted molar refractivity (Wildman–Crippen MR) is 72.2 cm³/mol. The van der Waals surface area contributed by atoms with Crippen molar-refractivity contribution in [3.05, 3.63) is 35.4 Å². The molecule has 3 N–H and O–H groups in total. The minimum Gasteiger partial charge on any atom is -0.380 e. The van der Waals surface area contributed by atoms with Gasteiger partial charge in [-0.15, -0.1) is 0 Å². The number of benzene rings is 1. The lowest BCUT2D eigenvalue weighted by molar-refractivity contribution is -0.124. The third-order valence-corrected chi connectivity index (χ3v) is 2.93. The molecule has 4 heteroatoms. The summed E-state index contributed by atoms with van der Waals surface area (Å²) < 4.78 is 5.09. The molecule has 4 nitrogen and oxygen atoms in total. The molecule has 1 aromatic rings. The molecule has 0 aliphatic carbocycles. The maximum Gasteiger partial charge on any atom is 0.223 e. The van der Waals surface area contributed by atoms with E-state index in [-0.39, 0.29) is 18.1 Å². The average Bonchev–Trinajstić information content (AvgIpc) is 2.35. The van der Waals surface area contributed by atoms with Crippen molar-refractivity contribution in [2.75, 3.05) is 13.7 Å². The Morgan fingerprint density at radius 3 is 2.78 bits per heavy atom. The van der Waals surface area contributed by atoms with E-state index >= 15 is 0 Å². The van der Waals surface area contributed by atoms with Gasteiger partial charge in [0.05, 0.1) is 18.6 Å². The molecule has 0 saturated heterocycles. The summed E-state index contributed by atoms with van der Waals surface area (Å²) in [6.45, 7) is 4.35. The summed E-state index contributed by atoms with van der Waals surface area (Å²) in [5.41, 5.74) is 7.78. The number of hydrogen-bond acceptors (Lipinski definition) is 3. The van der Waals surface area contributed by atoms with Crippen molar-refractivity contribution >= 4 is 5.91 Å². The maximum absolute atomic E-state index is 11.8. The van der Waals surface area contributed by atoms with E-state index in [1.165, 1.54) is 5.56 Å². The number of ether oxygens (including phenoxy) is 1. The smallest absolute Gasteiger partial charge is 0.223 e. The lowest BCUT2D eigenvalue weighted by atomic mass is 10.1. The summed E-state index contributed by atoms with van der Waals surface area (Å²) in [5.74, 6) is -0.0405. The SMILES string of the molecule is COC(CN)CC(=O)N[C@@H](C)c1cccc(C)c1. The quantitative estimate of drug-likeness (QED) is 0.805. The molecule has 0 fully saturated rings. The Hall–Kier alpha value is -1.39. The monoisotopic (exact) mass is 250 g/mol. The van der Waals surface area contributed by atoms with Crippen LogP contribution < -0.4 is 11.1 Å². The summed E-state index contributed by atoms with van der Waals surface area (Å²) in [5, 5.41) is 2.95. The number of methoxy groups -OCH3 is 1. The highest BCUT2D eigenvalue weighted by molar-refractivity contribution is 5.77. The number of aryl methyl sites for hydroxylation is 1. The number of rotatable bonds is 6. The van der Waals surface area contributed by atoms with Crippen molar-refractivity contribution in [2.24, 2.45) is 5.73 Å². The first kappa shape index (κ1) is 14.7. The van der Waals surface area contributed by atoms with Gasteiger partial charge in [-0.1, -0.05) is 29.8 Å². The van der Waals surface area contributed by atoms with Crippen LogP contribution in [0.1, 0.15) is 30.5 Å². The molecule has 1 aromatic carbocycles. The van der Waals surface area contributed by atoms with Crippen LogP contribution in [0, 0.1) is 6.92 Å². The fourth-order valence-corrected chi connectivity index (χ4v) is 1.79. The number of carbonyl (C=O) groups excluding carboxylic acids is 1. The van der Waals surface area contributed by atoms with E-state index in [1.54, 1.807) is 7.11 Å². The van der Waals surface area contributed by atoms with E-state index in [1.807, 2.05) is 32.0 Å². The van der Waals surface area contributed by atoms with Gasteiger partial charge < -0.3 is 15.8 Å². The van der Waals surface area contributed by atoms with Gasteiger partial charge in [0.2, 0.25) is 5.91 Å². The van der Waals surface area contributed by atoms with Crippen molar-refractivity contribution < 1.29 is 9.53 Å². The minimum absolute atomic E-state index is 0.00678. The van der Waals surface area contributed by atoms with E-state index in [2.05, 4.69) is 11.4 Å². The third kappa shape index (κ3) is 4.47. The molecule has 0 bridgehead atoms. The van der Waals surface area contributed by atoms with Crippen LogP contribution in [0.2, 0.25) is 0 Å². The van der Waals surface area contributed by atoms with Gasteiger partial charge >= 0.3 is 0 Å². The van der Waals surface area contributed by atoms with Gasteiger partial charge in [0, 0.05) is 13.7 Å². The first-order valence-electron chi connectivity index (χ1n) is 6.15. The number of hydrogen-bond donors (Lipinski definition) is 2. The van der Waals surface area contributed by atoms with Crippen LogP contribution in [0.3, 0.4) is 0 Å². The lowest BCUT2D eigenvalue weighted by Crippen LogP contribution is -2.33. The van der Waals surface area contributed by atoms with Crippen LogP contribution in [0.15, 0.2) is 24.3 Å². The first-order chi connectivity index (χ1) is 8.56. The van der Waals surface area contributed by atoms with Crippen LogP contribution in [0.5, 0.6) is 0 Å². The summed E-state index contributed by atoms with van der Waals surface area (Å²) in [6, 6.07) is 8.10. The predicted octanol–water partition coefficient (Wildman–Crippen LogP) is 1.54. The van der Waals surface area contributed by atoms with E-state index < -0.39 is 0 Å². The molecule has 2 atom stereocenters. The van der Waals surface area contributed by atoms with Crippen LogP contribution in [0.25, 0.3) is 0 Å². The topological polar surface area (TPSA) is 64.3 Å². The molecular formula is C14H22N2O2. The Labute approximate surface area is 109 Å². The van der Waals surface area contributed by atoms with Crippen LogP contribution in [0.4, 0.5) is 0 Å². The molecule has 1 rings (SSSR count). The van der Waals surface area contributed by atoms with Gasteiger partial charge in [0.1, 0.15) is 0 Å². The zero-order chi connectivity index (χ0) is 13.5. The fourth-order valence-electron chi connectivity index (χ4n) is 1.79. The van der Waals surface area contributed by atoms with E-state index in [0.717, 1.165) is 5.56 Å². The molecule has 0 radical (unpaired) electrons. The lowest BCUT2D eigenvalue weighted by Gasteiger charge is -2.17. The summed E-state index contributed by atoms with van der Waals surface area (Å²) >= 11 is 0. The van der Waals surface area contributed by atoms with Crippen molar-refractivity contribution in [3.8, 4) is 0 Å². The zero-order valence-electron chi connectivity index (χ0n) is 11.3. The second-order valence-electron chi connectivity index (χ2n) is 4.50. The maximum atomic E-state index is 11.8. The molecule has 0 spiro atoms. The second kappa shape index (κ2) is 7.13. The molecule has 0 aromatic heterocycles. The highest BCUT2D eigenvalue weighted by atomic mass is 16.5. The van der Waals surface area contributed by atoms with Gasteiger partial charge in [-0.3, -0.25) is 4.79 Å². The molecule has 100 valence electrons. The summed E-state index contributed by atoms with van der Waals surface area (Å²) in [7, 11) is 1.56. The van der Waals surface area contributed by atoms with Gasteiger partial charge in [0.25, 0.3) is 0 Å². The van der Waals surface area contributed by atoms with Crippen LogP contribution >= 0.6 is 0 Å². The highest BCUT2D eigenvalue weighted by Crippen LogP contribution is 2.14. The van der Waals surface area contributed by atoms with Gasteiger partial charge in [-0.25, -0.2) is 0 Å². The van der Waals surface area contributed by atoms with Crippen molar-refractivity contribution in [1.29, 1.82) is 0 Å². The molecule has 0 aliphatic rings. The van der Waals surface area contributed by atoms with Gasteiger partial charge in [-0.2, -0.15) is 0 Å². The van der Waals surface area contributed by atoms with Gasteiger partial charge in [-0.05, 0) is 19.4 Å². The Balaban J connectivity index is 2.54. The Morgan fingerprint density at radius 1 is 1.50 bits per heavy atom. The minimum atomic E-state index is -0.213. The number of amides is 1. The van der Waals surface area contributed by atoms with E-state index in [0.29, 0.717) is 13.0 Å². The molecular weight excluding hydrogens is 228 g/mol. The normalized spacial score (nSPS) is 14.0. The summed E-state index contributed by atoms with van der Waals surface area (Å²) in [6.07, 6.45) is 0.0816. The van der Waals surface area contributed by atoms with Crippen LogP contribution in [-0.4, -0.2) is 25.7 Å². The van der Waals surface area contributed by atoms with Crippen LogP contribution in [-0.2, 0) is 9.53 Å². The molecule has 18 heavy (non-hydrogen) atoms. The second-order valence-corrected chi connectivity index (χ2v) is 4.50. The average molecular weight is 250 g/mol. The standard InChI is InChI=1S/C14H22N2O2/c1-10-5-4-6-12(7-10)11(2)16-14(17)8-13(9-15)18-3/h4-7,11,13H,8-9,15H2,1-3H3,(H,16,17)/t11-,13?/m0/s1. The van der Waals surface area contributed by atoms with E-state index in [4.69, 9.17) is 10.5 Å². The summed E-state index contributed by atoms with van der Waals surface area (Å²) in [4.78, 5) is 11.8. The van der Waals surface area contributed by atoms with Crippen molar-refractivity contribution in [2.45, 2.75) is 32.4 Å². The fraction of sp³-hybridized carbons (Fsp3) is 0.500. The molecule has 0 aliphatic heterocycles. The van der Waals surface area contributed by atoms with Crippen molar-refractivity contribution in [1.82, 2.24) is 5.32 Å². The Morgan fingerprint density at radius 2 is 2.22 bits per heavy atom. The molecule has 0 heterocycles. The molecule has 1 unspecified atom stereocenters. The highest BCUT2D eigenvalue weighted by Gasteiger charge is 2.14. The zero-order valence-corrected chi connectivity index (χ0v) is 11.3. The Kier molecular flexibility index (Phi) is 5.82. The molecule has 0 saturated carbocycles. The Bertz CT molecular complexity index is 389.